The second kappa shape index (κ2) is 8.17. The second-order valence-electron chi connectivity index (χ2n) is 9.36. The fourth-order valence-corrected chi connectivity index (χ4v) is 4.87. The van der Waals surface area contributed by atoms with Gasteiger partial charge in [0, 0.05) is 34.4 Å². The number of hydrogen-bond donors (Lipinski definition) is 0. The Morgan fingerprint density at radius 2 is 1.03 bits per heavy atom. The van der Waals surface area contributed by atoms with Crippen molar-refractivity contribution in [3.05, 3.63) is 83.2 Å². The third-order valence-electron chi connectivity index (χ3n) is 6.67. The van der Waals surface area contributed by atoms with Crippen molar-refractivity contribution in [1.82, 2.24) is 0 Å². The molecule has 0 radical (unpaired) electrons. The van der Waals surface area contributed by atoms with E-state index in [1.807, 2.05) is 76.2 Å². The zero-order chi connectivity index (χ0) is 24.8. The largest absolute Gasteiger partial charge is 0.452 e. The molecule has 7 nitrogen and oxygen atoms in total. The highest BCUT2D eigenvalue weighted by atomic mass is 16.5. The molecule has 2 aliphatic rings. The van der Waals surface area contributed by atoms with Gasteiger partial charge in [-0.15, -0.1) is 0 Å². The summed E-state index contributed by atoms with van der Waals surface area (Å²) in [6.45, 7) is 7.82. The molecule has 0 aliphatic carbocycles. The lowest BCUT2D eigenvalue weighted by Gasteiger charge is -2.26. The number of carbonyl (C=O) groups excluding carboxylic acids is 3. The summed E-state index contributed by atoms with van der Waals surface area (Å²) in [7, 11) is 2.62. The van der Waals surface area contributed by atoms with Crippen LogP contribution in [0.4, 0.5) is 21.0 Å². The highest BCUT2D eigenvalue weighted by Gasteiger charge is 2.45. The number of amides is 2. The summed E-state index contributed by atoms with van der Waals surface area (Å²) < 4.78 is 10.0. The summed E-state index contributed by atoms with van der Waals surface area (Å²) in [5.74, 6) is -0.352. The molecule has 7 heteroatoms. The van der Waals surface area contributed by atoms with Crippen molar-refractivity contribution in [2.45, 2.75) is 38.5 Å². The second-order valence-corrected chi connectivity index (χ2v) is 9.36. The summed E-state index contributed by atoms with van der Waals surface area (Å²) >= 11 is 0. The van der Waals surface area contributed by atoms with Crippen molar-refractivity contribution in [3.8, 4) is 0 Å². The van der Waals surface area contributed by atoms with E-state index in [2.05, 4.69) is 0 Å². The number of hydrogen-bond acceptors (Lipinski definition) is 5. The number of ketones is 1. The first-order chi connectivity index (χ1) is 16.1. The predicted molar refractivity (Wildman–Crippen MR) is 130 cm³/mol. The first kappa shape index (κ1) is 23.3. The third-order valence-corrected chi connectivity index (χ3v) is 6.67. The molecule has 0 spiro atoms. The molecular formula is C27H28N2O5. The number of para-hydroxylation sites is 2. The Balaban J connectivity index is 1.83. The average molecular weight is 461 g/mol. The summed E-state index contributed by atoms with van der Waals surface area (Å²) in [6.07, 6.45) is 1.74. The number of anilines is 2. The highest BCUT2D eigenvalue weighted by Crippen LogP contribution is 2.49. The molecule has 4 rings (SSSR count). The number of ether oxygens (including phenoxy) is 2. The molecule has 0 N–H and O–H groups in total. The van der Waals surface area contributed by atoms with Gasteiger partial charge in [-0.1, -0.05) is 64.1 Å². The monoisotopic (exact) mass is 460 g/mol. The molecule has 0 atom stereocenters. The van der Waals surface area contributed by atoms with Crippen LogP contribution in [-0.2, 0) is 25.1 Å². The Labute approximate surface area is 199 Å². The van der Waals surface area contributed by atoms with Gasteiger partial charge in [-0.05, 0) is 23.3 Å². The van der Waals surface area contributed by atoms with Crippen LogP contribution < -0.4 is 9.80 Å². The minimum absolute atomic E-state index is 0.352. The van der Waals surface area contributed by atoms with Crippen molar-refractivity contribution in [3.63, 3.8) is 0 Å². The van der Waals surface area contributed by atoms with Gasteiger partial charge in [0.1, 0.15) is 0 Å². The van der Waals surface area contributed by atoms with Crippen molar-refractivity contribution >= 4 is 29.3 Å². The fourth-order valence-electron chi connectivity index (χ4n) is 4.87. The van der Waals surface area contributed by atoms with Gasteiger partial charge in [-0.3, -0.25) is 4.79 Å². The zero-order valence-electron chi connectivity index (χ0n) is 20.2. The lowest BCUT2D eigenvalue weighted by Crippen LogP contribution is -2.33. The summed E-state index contributed by atoms with van der Waals surface area (Å²) in [5.41, 5.74) is 2.95. The molecule has 0 unspecified atom stereocenters. The molecular weight excluding hydrogens is 432 g/mol. The molecule has 0 bridgehead atoms. The fraction of sp³-hybridized carbons (Fsp3) is 0.296. The molecule has 2 aromatic carbocycles. The van der Waals surface area contributed by atoms with Gasteiger partial charge in [-0.2, -0.15) is 0 Å². The first-order valence-electron chi connectivity index (χ1n) is 11.0. The highest BCUT2D eigenvalue weighted by molar-refractivity contribution is 6.07. The van der Waals surface area contributed by atoms with Crippen LogP contribution in [0.3, 0.4) is 0 Å². The lowest BCUT2D eigenvalue weighted by atomic mass is 9.82. The standard InChI is InChI=1S/C27H28N2O5/c1-26(2)18-11-7-9-13-20(18)28(24(31)33-5)22(26)15-17(30)16-23-27(3,4)19-12-8-10-14-21(19)29(23)25(32)34-6/h7-16H,1-6H3/b22-15+,23-16+. The maximum Gasteiger partial charge on any atom is 0.418 e. The van der Waals surface area contributed by atoms with Crippen LogP contribution in [0.25, 0.3) is 0 Å². The third kappa shape index (κ3) is 3.39. The molecule has 2 heterocycles. The van der Waals surface area contributed by atoms with E-state index in [-0.39, 0.29) is 5.78 Å². The molecule has 176 valence electrons. The van der Waals surface area contributed by atoms with Crippen LogP contribution >= 0.6 is 0 Å². The SMILES string of the molecule is COC(=O)N1/C(=C/C(=O)/C=C2/N(C(=O)OC)c3ccccc3C2(C)C)C(C)(C)c2ccccc21. The van der Waals surface area contributed by atoms with Gasteiger partial charge in [0.2, 0.25) is 0 Å². The number of methoxy groups -OCH3 is 2. The zero-order valence-corrected chi connectivity index (χ0v) is 20.2. The summed E-state index contributed by atoms with van der Waals surface area (Å²) in [5, 5.41) is 0. The number of benzene rings is 2. The first-order valence-corrected chi connectivity index (χ1v) is 11.0. The predicted octanol–water partition coefficient (Wildman–Crippen LogP) is 5.45. The van der Waals surface area contributed by atoms with E-state index in [1.54, 1.807) is 0 Å². The van der Waals surface area contributed by atoms with Crippen LogP contribution in [0.15, 0.2) is 72.1 Å². The lowest BCUT2D eigenvalue weighted by molar-refractivity contribution is -0.110. The van der Waals surface area contributed by atoms with Crippen molar-refractivity contribution in [2.24, 2.45) is 0 Å². The minimum Gasteiger partial charge on any atom is -0.452 e. The Morgan fingerprint density at radius 1 is 0.676 bits per heavy atom. The minimum atomic E-state index is -0.616. The van der Waals surface area contributed by atoms with Crippen LogP contribution in [-0.4, -0.2) is 32.2 Å². The van der Waals surface area contributed by atoms with Gasteiger partial charge in [0.25, 0.3) is 0 Å². The Bertz CT molecular complexity index is 1160. The molecule has 0 aromatic heterocycles. The maximum atomic E-state index is 13.4. The van der Waals surface area contributed by atoms with E-state index in [1.165, 1.54) is 36.2 Å². The van der Waals surface area contributed by atoms with Gasteiger partial charge in [0.05, 0.1) is 25.6 Å². The molecule has 2 aliphatic heterocycles. The van der Waals surface area contributed by atoms with Crippen LogP contribution in [0, 0.1) is 0 Å². The molecule has 0 saturated carbocycles. The molecule has 2 aromatic rings. The number of carbonyl (C=O) groups is 3. The van der Waals surface area contributed by atoms with Gasteiger partial charge < -0.3 is 9.47 Å². The number of allylic oxidation sites excluding steroid dienone is 4. The van der Waals surface area contributed by atoms with Crippen LogP contribution in [0.2, 0.25) is 0 Å². The Morgan fingerprint density at radius 3 is 1.38 bits per heavy atom. The van der Waals surface area contributed by atoms with E-state index >= 15 is 0 Å². The number of rotatable bonds is 2. The van der Waals surface area contributed by atoms with E-state index in [0.29, 0.717) is 22.8 Å². The average Bonchev–Trinajstić information content (AvgIpc) is 3.17. The normalized spacial score (nSPS) is 19.7. The van der Waals surface area contributed by atoms with Gasteiger partial charge in [-0.25, -0.2) is 19.4 Å². The van der Waals surface area contributed by atoms with Gasteiger partial charge in [0.15, 0.2) is 5.78 Å². The van der Waals surface area contributed by atoms with Crippen molar-refractivity contribution in [2.75, 3.05) is 24.0 Å². The quantitative estimate of drug-likeness (QED) is 0.557. The maximum absolute atomic E-state index is 13.4. The summed E-state index contributed by atoms with van der Waals surface area (Å²) in [6, 6.07) is 15.0. The van der Waals surface area contributed by atoms with Crippen molar-refractivity contribution in [1.29, 1.82) is 0 Å². The Kier molecular flexibility index (Phi) is 5.59. The Hall–Kier alpha value is -3.87. The molecule has 0 saturated heterocycles. The summed E-state index contributed by atoms with van der Waals surface area (Å²) in [4.78, 5) is 41.7. The van der Waals surface area contributed by atoms with Crippen LogP contribution in [0.1, 0.15) is 38.8 Å². The van der Waals surface area contributed by atoms with Crippen LogP contribution in [0.5, 0.6) is 0 Å². The molecule has 34 heavy (non-hydrogen) atoms. The van der Waals surface area contributed by atoms with E-state index in [0.717, 1.165) is 11.1 Å². The number of nitrogens with zero attached hydrogens (tertiary/aromatic N) is 2. The van der Waals surface area contributed by atoms with E-state index in [9.17, 15) is 14.4 Å². The topological polar surface area (TPSA) is 76.2 Å². The van der Waals surface area contributed by atoms with Gasteiger partial charge >= 0.3 is 12.2 Å². The van der Waals surface area contributed by atoms with E-state index in [4.69, 9.17) is 9.47 Å². The number of fused-ring (bicyclic) bond motifs is 2. The van der Waals surface area contributed by atoms with Crippen molar-refractivity contribution < 1.29 is 23.9 Å². The molecule has 0 fully saturated rings. The van der Waals surface area contributed by atoms with E-state index < -0.39 is 23.0 Å². The smallest absolute Gasteiger partial charge is 0.418 e. The molecule has 2 amide bonds.